The van der Waals surface area contributed by atoms with Gasteiger partial charge in [-0.3, -0.25) is 4.79 Å². The summed E-state index contributed by atoms with van der Waals surface area (Å²) < 4.78 is 26.0. The van der Waals surface area contributed by atoms with Crippen molar-refractivity contribution in [1.82, 2.24) is 9.88 Å². The summed E-state index contributed by atoms with van der Waals surface area (Å²) >= 11 is 3.41. The van der Waals surface area contributed by atoms with Gasteiger partial charge in [0.15, 0.2) is 9.84 Å². The number of aromatic nitrogens is 1. The fraction of sp³-hybridized carbons (Fsp3) is 0.353. The highest BCUT2D eigenvalue weighted by Gasteiger charge is 2.17. The predicted molar refractivity (Wildman–Crippen MR) is 99.6 cm³/mol. The Labute approximate surface area is 151 Å². The zero-order valence-corrected chi connectivity index (χ0v) is 16.4. The van der Waals surface area contributed by atoms with E-state index in [1.54, 1.807) is 6.92 Å². The van der Waals surface area contributed by atoms with E-state index < -0.39 is 9.84 Å². The lowest BCUT2D eigenvalue weighted by atomic mass is 10.2. The lowest BCUT2D eigenvalue weighted by molar-refractivity contribution is 0.0955. The third-order valence-corrected chi connectivity index (χ3v) is 6.13. The number of sulfone groups is 1. The van der Waals surface area contributed by atoms with E-state index >= 15 is 0 Å². The van der Waals surface area contributed by atoms with Gasteiger partial charge in [0, 0.05) is 33.8 Å². The number of nitrogens with one attached hydrogen (secondary N) is 1. The number of rotatable bonds is 6. The van der Waals surface area contributed by atoms with Crippen molar-refractivity contribution < 1.29 is 13.2 Å². The summed E-state index contributed by atoms with van der Waals surface area (Å²) in [6.07, 6.45) is 0. The molecule has 0 bridgehead atoms. The van der Waals surface area contributed by atoms with Gasteiger partial charge in [0.05, 0.1) is 11.3 Å². The van der Waals surface area contributed by atoms with E-state index in [0.29, 0.717) is 5.56 Å². The SMILES string of the molecule is CCS(=O)(=O)CCNC(=O)c1cc(C)n(-c2ccc(Br)cc2)c1C. The summed E-state index contributed by atoms with van der Waals surface area (Å²) in [6.45, 7) is 5.54. The van der Waals surface area contributed by atoms with Crippen molar-refractivity contribution in [2.24, 2.45) is 0 Å². The molecular formula is C17H21BrN2O3S. The number of carbonyl (C=O) groups excluding carboxylic acids is 1. The van der Waals surface area contributed by atoms with Gasteiger partial charge in [0.2, 0.25) is 0 Å². The first kappa shape index (κ1) is 18.7. The number of aryl methyl sites for hydroxylation is 1. The molecule has 0 atom stereocenters. The third kappa shape index (κ3) is 4.27. The van der Waals surface area contributed by atoms with Gasteiger partial charge >= 0.3 is 0 Å². The second-order valence-electron chi connectivity index (χ2n) is 5.59. The van der Waals surface area contributed by atoms with Crippen LogP contribution in [-0.4, -0.2) is 36.9 Å². The molecule has 1 aromatic heterocycles. The van der Waals surface area contributed by atoms with Gasteiger partial charge in [-0.2, -0.15) is 0 Å². The van der Waals surface area contributed by atoms with E-state index in [0.717, 1.165) is 21.5 Å². The number of carbonyl (C=O) groups is 1. The van der Waals surface area contributed by atoms with E-state index in [4.69, 9.17) is 0 Å². The second-order valence-corrected chi connectivity index (χ2v) is 8.98. The molecule has 0 aliphatic heterocycles. The van der Waals surface area contributed by atoms with Crippen molar-refractivity contribution in [2.45, 2.75) is 20.8 Å². The molecule has 1 aromatic carbocycles. The van der Waals surface area contributed by atoms with Gasteiger partial charge < -0.3 is 9.88 Å². The van der Waals surface area contributed by atoms with Crippen molar-refractivity contribution in [3.05, 3.63) is 51.8 Å². The Morgan fingerprint density at radius 3 is 2.42 bits per heavy atom. The highest BCUT2D eigenvalue weighted by atomic mass is 79.9. The van der Waals surface area contributed by atoms with Crippen molar-refractivity contribution >= 4 is 31.7 Å². The number of hydrogen-bond donors (Lipinski definition) is 1. The topological polar surface area (TPSA) is 68.2 Å². The molecule has 1 heterocycles. The van der Waals surface area contributed by atoms with Crippen LogP contribution in [0.4, 0.5) is 0 Å². The Bertz CT molecular complexity index is 839. The van der Waals surface area contributed by atoms with Crippen LogP contribution in [-0.2, 0) is 9.84 Å². The predicted octanol–water partition coefficient (Wildman–Crippen LogP) is 3.02. The number of amides is 1. The highest BCUT2D eigenvalue weighted by Crippen LogP contribution is 2.22. The van der Waals surface area contributed by atoms with Crippen molar-refractivity contribution in [3.8, 4) is 5.69 Å². The molecule has 0 aliphatic carbocycles. The molecule has 5 nitrogen and oxygen atoms in total. The summed E-state index contributed by atoms with van der Waals surface area (Å²) in [6, 6.07) is 9.66. The number of nitrogens with zero attached hydrogens (tertiary/aromatic N) is 1. The maximum Gasteiger partial charge on any atom is 0.253 e. The molecule has 0 fully saturated rings. The Morgan fingerprint density at radius 1 is 1.21 bits per heavy atom. The van der Waals surface area contributed by atoms with E-state index in [-0.39, 0.29) is 24.0 Å². The maximum atomic E-state index is 12.4. The second kappa shape index (κ2) is 7.53. The van der Waals surface area contributed by atoms with Crippen LogP contribution in [0.5, 0.6) is 0 Å². The summed E-state index contributed by atoms with van der Waals surface area (Å²) in [4.78, 5) is 12.4. The third-order valence-electron chi connectivity index (χ3n) is 3.90. The van der Waals surface area contributed by atoms with Crippen molar-refractivity contribution in [3.63, 3.8) is 0 Å². The molecule has 0 saturated heterocycles. The van der Waals surface area contributed by atoms with Gasteiger partial charge in [-0.1, -0.05) is 22.9 Å². The molecule has 2 rings (SSSR count). The molecule has 0 spiro atoms. The largest absolute Gasteiger partial charge is 0.351 e. The minimum Gasteiger partial charge on any atom is -0.351 e. The fourth-order valence-electron chi connectivity index (χ4n) is 2.54. The monoisotopic (exact) mass is 412 g/mol. The van der Waals surface area contributed by atoms with Crippen LogP contribution < -0.4 is 5.32 Å². The van der Waals surface area contributed by atoms with Crippen molar-refractivity contribution in [1.29, 1.82) is 0 Å². The van der Waals surface area contributed by atoms with E-state index in [9.17, 15) is 13.2 Å². The molecule has 7 heteroatoms. The molecule has 0 saturated carbocycles. The maximum absolute atomic E-state index is 12.4. The number of halogens is 1. The van der Waals surface area contributed by atoms with Crippen LogP contribution >= 0.6 is 15.9 Å². The quantitative estimate of drug-likeness (QED) is 0.792. The van der Waals surface area contributed by atoms with Crippen LogP contribution in [0, 0.1) is 13.8 Å². The molecule has 0 unspecified atom stereocenters. The lowest BCUT2D eigenvalue weighted by Crippen LogP contribution is -2.29. The zero-order chi connectivity index (χ0) is 17.9. The van der Waals surface area contributed by atoms with Crippen LogP contribution in [0.15, 0.2) is 34.8 Å². The first-order chi connectivity index (χ1) is 11.2. The summed E-state index contributed by atoms with van der Waals surface area (Å²) in [5.41, 5.74) is 3.30. The molecule has 0 aliphatic rings. The Kier molecular flexibility index (Phi) is 5.87. The van der Waals surface area contributed by atoms with Crippen LogP contribution in [0.3, 0.4) is 0 Å². The summed E-state index contributed by atoms with van der Waals surface area (Å²) in [5.74, 6) is -0.209. The van der Waals surface area contributed by atoms with E-state index in [1.807, 2.05) is 48.7 Å². The van der Waals surface area contributed by atoms with Crippen LogP contribution in [0.1, 0.15) is 28.7 Å². The molecular weight excluding hydrogens is 392 g/mol. The lowest BCUT2D eigenvalue weighted by Gasteiger charge is -2.10. The van der Waals surface area contributed by atoms with Crippen LogP contribution in [0.25, 0.3) is 5.69 Å². The van der Waals surface area contributed by atoms with Crippen LogP contribution in [0.2, 0.25) is 0 Å². The first-order valence-electron chi connectivity index (χ1n) is 7.68. The molecule has 1 amide bonds. The molecule has 130 valence electrons. The van der Waals surface area contributed by atoms with Gasteiger partial charge in [0.1, 0.15) is 0 Å². The smallest absolute Gasteiger partial charge is 0.253 e. The van der Waals surface area contributed by atoms with E-state index in [2.05, 4.69) is 21.2 Å². The highest BCUT2D eigenvalue weighted by molar-refractivity contribution is 9.10. The van der Waals surface area contributed by atoms with Gasteiger partial charge in [-0.05, 0) is 44.2 Å². The molecule has 2 aromatic rings. The molecule has 1 N–H and O–H groups in total. The molecule has 0 radical (unpaired) electrons. The van der Waals surface area contributed by atoms with E-state index in [1.165, 1.54) is 0 Å². The number of hydrogen-bond acceptors (Lipinski definition) is 3. The Morgan fingerprint density at radius 2 is 1.83 bits per heavy atom. The average Bonchev–Trinajstić information content (AvgIpc) is 2.83. The molecule has 24 heavy (non-hydrogen) atoms. The zero-order valence-electron chi connectivity index (χ0n) is 14.0. The standard InChI is InChI=1S/C17H21BrN2O3S/c1-4-24(22,23)10-9-19-17(21)16-11-12(2)20(13(16)3)15-7-5-14(18)6-8-15/h5-8,11H,4,9-10H2,1-3H3,(H,19,21). The normalized spacial score (nSPS) is 11.5. The van der Waals surface area contributed by atoms with Crippen molar-refractivity contribution in [2.75, 3.05) is 18.1 Å². The summed E-state index contributed by atoms with van der Waals surface area (Å²) in [7, 11) is -3.08. The minimum absolute atomic E-state index is 0.0410. The van der Waals surface area contributed by atoms with Gasteiger partial charge in [-0.15, -0.1) is 0 Å². The van der Waals surface area contributed by atoms with Gasteiger partial charge in [-0.25, -0.2) is 8.42 Å². The summed E-state index contributed by atoms with van der Waals surface area (Å²) in [5, 5.41) is 2.69. The first-order valence-corrected chi connectivity index (χ1v) is 10.3. The Balaban J connectivity index is 2.19. The minimum atomic E-state index is -3.08. The fourth-order valence-corrected chi connectivity index (χ4v) is 3.51. The number of benzene rings is 1. The van der Waals surface area contributed by atoms with Gasteiger partial charge in [0.25, 0.3) is 5.91 Å². The Hall–Kier alpha value is -1.60. The average molecular weight is 413 g/mol.